The molecular formula is C35H74ClN. The van der Waals surface area contributed by atoms with Gasteiger partial charge in [0, 0.05) is 0 Å². The van der Waals surface area contributed by atoms with Crippen molar-refractivity contribution in [2.45, 2.75) is 207 Å². The summed E-state index contributed by atoms with van der Waals surface area (Å²) in [5, 5.41) is 0. The lowest BCUT2D eigenvalue weighted by Crippen LogP contribution is -2.25. The van der Waals surface area contributed by atoms with E-state index in [0.29, 0.717) is 0 Å². The van der Waals surface area contributed by atoms with Crippen molar-refractivity contribution in [3.05, 3.63) is 0 Å². The molecule has 0 saturated carbocycles. The van der Waals surface area contributed by atoms with E-state index < -0.39 is 0 Å². The Morgan fingerprint density at radius 2 is 0.459 bits per heavy atom. The number of nitrogens with zero attached hydrogens (tertiary/aromatic N) is 1. The first-order valence-electron chi connectivity index (χ1n) is 17.6. The van der Waals surface area contributed by atoms with Gasteiger partial charge in [0.2, 0.25) is 0 Å². The van der Waals surface area contributed by atoms with Gasteiger partial charge in [-0.05, 0) is 32.5 Å². The largest absolute Gasteiger partial charge is 0.304 e. The summed E-state index contributed by atoms with van der Waals surface area (Å²) >= 11 is 0. The minimum atomic E-state index is 0. The zero-order valence-corrected chi connectivity index (χ0v) is 27.3. The van der Waals surface area contributed by atoms with E-state index in [-0.39, 0.29) is 12.4 Å². The topological polar surface area (TPSA) is 3.24 Å². The van der Waals surface area contributed by atoms with Crippen LogP contribution >= 0.6 is 12.4 Å². The van der Waals surface area contributed by atoms with Crippen LogP contribution in [0.25, 0.3) is 0 Å². The van der Waals surface area contributed by atoms with Gasteiger partial charge in [0.1, 0.15) is 0 Å². The van der Waals surface area contributed by atoms with E-state index in [4.69, 9.17) is 0 Å². The predicted octanol–water partition coefficient (Wildman–Crippen LogP) is 13.1. The molecular weight excluding hydrogens is 470 g/mol. The fourth-order valence-corrected chi connectivity index (χ4v) is 5.66. The van der Waals surface area contributed by atoms with Crippen LogP contribution in [0.15, 0.2) is 0 Å². The smallest absolute Gasteiger partial charge is 0.00189 e. The van der Waals surface area contributed by atoms with Crippen molar-refractivity contribution in [2.24, 2.45) is 0 Å². The second-order valence-corrected chi connectivity index (χ2v) is 12.0. The summed E-state index contributed by atoms with van der Waals surface area (Å²) in [6.07, 6.45) is 42.4. The van der Waals surface area contributed by atoms with Gasteiger partial charge in [-0.1, -0.05) is 194 Å². The van der Waals surface area contributed by atoms with Crippen LogP contribution in [0.2, 0.25) is 0 Å². The summed E-state index contributed by atoms with van der Waals surface area (Å²) in [5.74, 6) is 0. The van der Waals surface area contributed by atoms with Crippen LogP contribution < -0.4 is 0 Å². The summed E-state index contributed by atoms with van der Waals surface area (Å²) in [4.78, 5) is 2.70. The van der Waals surface area contributed by atoms with Gasteiger partial charge in [0.25, 0.3) is 0 Å². The number of rotatable bonds is 32. The number of hydrogen-bond acceptors (Lipinski definition) is 1. The van der Waals surface area contributed by atoms with Crippen LogP contribution in [-0.4, -0.2) is 24.5 Å². The van der Waals surface area contributed by atoms with Gasteiger partial charge in [0.05, 0.1) is 0 Å². The van der Waals surface area contributed by atoms with Crippen molar-refractivity contribution in [3.8, 4) is 0 Å². The Bertz CT molecular complexity index is 372. The second kappa shape index (κ2) is 36.2. The van der Waals surface area contributed by atoms with Crippen LogP contribution in [0.5, 0.6) is 0 Å². The van der Waals surface area contributed by atoms with Gasteiger partial charge in [0.15, 0.2) is 0 Å². The lowest BCUT2D eigenvalue weighted by atomic mass is 10.0. The van der Waals surface area contributed by atoms with E-state index in [1.807, 2.05) is 0 Å². The van der Waals surface area contributed by atoms with Crippen LogP contribution in [0.1, 0.15) is 207 Å². The lowest BCUT2D eigenvalue weighted by molar-refractivity contribution is 0.273. The number of halogens is 1. The maximum atomic E-state index is 2.70. The molecule has 0 saturated heterocycles. The molecule has 226 valence electrons. The summed E-state index contributed by atoms with van der Waals surface area (Å²) < 4.78 is 0. The molecule has 0 aromatic carbocycles. The SMILES string of the molecule is CCCCCCCCCCCCCCCCCCCCCCN(CC)CCCCCCCCCCC.Cl. The third-order valence-electron chi connectivity index (χ3n) is 8.35. The molecule has 0 aromatic heterocycles. The van der Waals surface area contributed by atoms with E-state index in [0.717, 1.165) is 0 Å². The molecule has 2 heteroatoms. The Labute approximate surface area is 243 Å². The molecule has 0 radical (unpaired) electrons. The highest BCUT2D eigenvalue weighted by molar-refractivity contribution is 5.85. The summed E-state index contributed by atoms with van der Waals surface area (Å²) in [6, 6.07) is 0. The van der Waals surface area contributed by atoms with Gasteiger partial charge in [-0.2, -0.15) is 0 Å². The first-order valence-corrected chi connectivity index (χ1v) is 17.6. The standard InChI is InChI=1S/C35H73N.ClH/c1-4-7-9-11-13-15-16-17-18-19-20-21-22-23-24-25-27-29-31-33-35-36(6-3)34-32-30-28-26-14-12-10-8-5-2;/h4-35H2,1-3H3;1H. The highest BCUT2D eigenvalue weighted by Gasteiger charge is 2.02. The zero-order chi connectivity index (χ0) is 26.2. The fourth-order valence-electron chi connectivity index (χ4n) is 5.66. The van der Waals surface area contributed by atoms with Crippen molar-refractivity contribution in [1.82, 2.24) is 4.90 Å². The number of hydrogen-bond donors (Lipinski definition) is 0. The minimum absolute atomic E-state index is 0. The Morgan fingerprint density at radius 3 is 0.649 bits per heavy atom. The Morgan fingerprint density at radius 1 is 0.270 bits per heavy atom. The van der Waals surface area contributed by atoms with Crippen LogP contribution in [-0.2, 0) is 0 Å². The summed E-state index contributed by atoms with van der Waals surface area (Å²) in [6.45, 7) is 10.9. The van der Waals surface area contributed by atoms with E-state index in [1.54, 1.807) is 0 Å². The quantitative estimate of drug-likeness (QED) is 0.0762. The van der Waals surface area contributed by atoms with E-state index >= 15 is 0 Å². The molecule has 0 spiro atoms. The molecule has 0 fully saturated rings. The van der Waals surface area contributed by atoms with Crippen molar-refractivity contribution in [1.29, 1.82) is 0 Å². The molecule has 0 aliphatic heterocycles. The van der Waals surface area contributed by atoms with Gasteiger partial charge in [-0.15, -0.1) is 12.4 Å². The van der Waals surface area contributed by atoms with Crippen molar-refractivity contribution < 1.29 is 0 Å². The molecule has 0 aliphatic carbocycles. The van der Waals surface area contributed by atoms with Crippen molar-refractivity contribution in [2.75, 3.05) is 19.6 Å². The van der Waals surface area contributed by atoms with Crippen molar-refractivity contribution >= 4 is 12.4 Å². The van der Waals surface area contributed by atoms with Gasteiger partial charge >= 0.3 is 0 Å². The lowest BCUT2D eigenvalue weighted by Gasteiger charge is -2.20. The second-order valence-electron chi connectivity index (χ2n) is 12.0. The number of unbranched alkanes of at least 4 members (excludes halogenated alkanes) is 27. The van der Waals surface area contributed by atoms with E-state index in [1.165, 1.54) is 206 Å². The molecule has 0 heterocycles. The molecule has 1 nitrogen and oxygen atoms in total. The molecule has 0 aliphatic rings. The molecule has 0 amide bonds. The van der Waals surface area contributed by atoms with E-state index in [9.17, 15) is 0 Å². The molecule has 0 unspecified atom stereocenters. The van der Waals surface area contributed by atoms with Gasteiger partial charge in [-0.3, -0.25) is 0 Å². The average molecular weight is 544 g/mol. The Balaban J connectivity index is 0. The molecule has 0 N–H and O–H groups in total. The van der Waals surface area contributed by atoms with Crippen molar-refractivity contribution in [3.63, 3.8) is 0 Å². The van der Waals surface area contributed by atoms with E-state index in [2.05, 4.69) is 25.7 Å². The predicted molar refractivity (Wildman–Crippen MR) is 175 cm³/mol. The van der Waals surface area contributed by atoms with Crippen LogP contribution in [0.3, 0.4) is 0 Å². The Kier molecular flexibility index (Phi) is 38.6. The fraction of sp³-hybridized carbons (Fsp3) is 1.00. The summed E-state index contributed by atoms with van der Waals surface area (Å²) in [5.41, 5.74) is 0. The zero-order valence-electron chi connectivity index (χ0n) is 26.5. The normalized spacial score (nSPS) is 11.4. The monoisotopic (exact) mass is 544 g/mol. The average Bonchev–Trinajstić information content (AvgIpc) is 2.89. The summed E-state index contributed by atoms with van der Waals surface area (Å²) in [7, 11) is 0. The molecule has 37 heavy (non-hydrogen) atoms. The van der Waals surface area contributed by atoms with Crippen LogP contribution in [0, 0.1) is 0 Å². The molecule has 0 rings (SSSR count). The maximum absolute atomic E-state index is 2.70. The first-order chi connectivity index (χ1) is 17.8. The minimum Gasteiger partial charge on any atom is -0.304 e. The van der Waals surface area contributed by atoms with Gasteiger partial charge < -0.3 is 4.90 Å². The highest BCUT2D eigenvalue weighted by atomic mass is 35.5. The molecule has 0 bridgehead atoms. The van der Waals surface area contributed by atoms with Crippen LogP contribution in [0.4, 0.5) is 0 Å². The first kappa shape index (κ1) is 39.4. The van der Waals surface area contributed by atoms with Gasteiger partial charge in [-0.25, -0.2) is 0 Å². The third kappa shape index (κ3) is 34.2. The molecule has 0 atom stereocenters. The highest BCUT2D eigenvalue weighted by Crippen LogP contribution is 2.15. The Hall–Kier alpha value is 0.250. The molecule has 0 aromatic rings. The third-order valence-corrected chi connectivity index (χ3v) is 8.35. The maximum Gasteiger partial charge on any atom is -0.00189 e.